The van der Waals surface area contributed by atoms with Crippen LogP contribution < -0.4 is 20.1 Å². The van der Waals surface area contributed by atoms with Gasteiger partial charge in [0.15, 0.2) is 11.5 Å². The van der Waals surface area contributed by atoms with E-state index in [1.807, 2.05) is 24.3 Å². The monoisotopic (exact) mass is 376 g/mol. The third kappa shape index (κ3) is 5.52. The molecule has 7 heteroatoms. The number of hydrogen-bond acceptors (Lipinski definition) is 6. The van der Waals surface area contributed by atoms with Gasteiger partial charge in [-0.05, 0) is 48.4 Å². The molecule has 0 fully saturated rings. The first-order valence-electron chi connectivity index (χ1n) is 8.47. The highest BCUT2D eigenvalue weighted by atomic mass is 16.5. The second-order valence-corrected chi connectivity index (χ2v) is 5.70. The van der Waals surface area contributed by atoms with Crippen LogP contribution in [0.15, 0.2) is 54.2 Å². The molecule has 0 saturated heterocycles. The Balaban J connectivity index is 1.91. The number of carbonyl (C=O) groups is 1. The zero-order valence-corrected chi connectivity index (χ0v) is 15.7. The molecular weight excluding hydrogens is 356 g/mol. The number of benzene rings is 2. The van der Waals surface area contributed by atoms with E-state index in [0.29, 0.717) is 35.7 Å². The molecule has 0 saturated carbocycles. The number of amides is 1. The SMILES string of the molecule is COc1ccc(CCNC(=O)/C(C#N)=C\Nc2ccc(C#N)cc2)cc1OC. The molecule has 0 unspecified atom stereocenters. The number of nitrogens with zero attached hydrogens (tertiary/aromatic N) is 2. The van der Waals surface area contributed by atoms with Gasteiger partial charge < -0.3 is 20.1 Å². The van der Waals surface area contributed by atoms with Crippen LogP contribution in [-0.2, 0) is 11.2 Å². The molecule has 0 atom stereocenters. The lowest BCUT2D eigenvalue weighted by Gasteiger charge is -2.10. The zero-order valence-electron chi connectivity index (χ0n) is 15.7. The van der Waals surface area contributed by atoms with E-state index in [1.165, 1.54) is 6.20 Å². The van der Waals surface area contributed by atoms with Crippen molar-refractivity contribution in [1.29, 1.82) is 10.5 Å². The summed E-state index contributed by atoms with van der Waals surface area (Å²) in [6.45, 7) is 0.365. The number of nitrogens with one attached hydrogen (secondary N) is 2. The summed E-state index contributed by atoms with van der Waals surface area (Å²) in [4.78, 5) is 12.2. The quantitative estimate of drug-likeness (QED) is 0.542. The van der Waals surface area contributed by atoms with Gasteiger partial charge in [-0.3, -0.25) is 4.79 Å². The lowest BCUT2D eigenvalue weighted by atomic mass is 10.1. The van der Waals surface area contributed by atoms with Gasteiger partial charge in [-0.1, -0.05) is 6.07 Å². The summed E-state index contributed by atoms with van der Waals surface area (Å²) < 4.78 is 10.5. The Morgan fingerprint density at radius 3 is 2.39 bits per heavy atom. The Hall–Kier alpha value is -3.97. The average Bonchev–Trinajstić information content (AvgIpc) is 2.74. The summed E-state index contributed by atoms with van der Waals surface area (Å²) >= 11 is 0. The molecule has 0 spiro atoms. The van der Waals surface area contributed by atoms with Crippen LogP contribution in [0.4, 0.5) is 5.69 Å². The Labute approximate surface area is 163 Å². The molecule has 142 valence electrons. The van der Waals surface area contributed by atoms with Crippen molar-refractivity contribution in [2.24, 2.45) is 0 Å². The van der Waals surface area contributed by atoms with E-state index in [-0.39, 0.29) is 5.57 Å². The Morgan fingerprint density at radius 2 is 1.79 bits per heavy atom. The van der Waals surface area contributed by atoms with Crippen LogP contribution in [0.3, 0.4) is 0 Å². The van der Waals surface area contributed by atoms with Crippen LogP contribution in [0.2, 0.25) is 0 Å². The fourth-order valence-electron chi connectivity index (χ4n) is 2.40. The van der Waals surface area contributed by atoms with Gasteiger partial charge in [0.2, 0.25) is 0 Å². The van der Waals surface area contributed by atoms with Gasteiger partial charge in [0.05, 0.1) is 25.9 Å². The predicted octanol–water partition coefficient (Wildman–Crippen LogP) is 2.75. The third-order valence-corrected chi connectivity index (χ3v) is 3.91. The summed E-state index contributed by atoms with van der Waals surface area (Å²) in [5.41, 5.74) is 2.13. The molecule has 0 aliphatic carbocycles. The van der Waals surface area contributed by atoms with Crippen molar-refractivity contribution in [2.75, 3.05) is 26.1 Å². The van der Waals surface area contributed by atoms with E-state index in [4.69, 9.17) is 14.7 Å². The third-order valence-electron chi connectivity index (χ3n) is 3.91. The number of hydrogen-bond donors (Lipinski definition) is 2. The summed E-state index contributed by atoms with van der Waals surface area (Å²) in [5, 5.41) is 23.6. The fraction of sp³-hybridized carbons (Fsp3) is 0.190. The molecule has 0 aliphatic rings. The van der Waals surface area contributed by atoms with Crippen LogP contribution >= 0.6 is 0 Å². The van der Waals surface area contributed by atoms with Gasteiger partial charge in [0.1, 0.15) is 11.6 Å². The van der Waals surface area contributed by atoms with E-state index in [9.17, 15) is 10.1 Å². The summed E-state index contributed by atoms with van der Waals surface area (Å²) in [5.74, 6) is 0.790. The van der Waals surface area contributed by atoms with Gasteiger partial charge in [-0.25, -0.2) is 0 Å². The summed E-state index contributed by atoms with van der Waals surface area (Å²) in [7, 11) is 3.13. The number of methoxy groups -OCH3 is 2. The van der Waals surface area contributed by atoms with Gasteiger partial charge >= 0.3 is 0 Å². The van der Waals surface area contributed by atoms with Crippen molar-refractivity contribution < 1.29 is 14.3 Å². The normalized spacial score (nSPS) is 10.4. The molecule has 0 bridgehead atoms. The largest absolute Gasteiger partial charge is 0.493 e. The number of nitriles is 2. The van der Waals surface area contributed by atoms with Crippen LogP contribution in [0.5, 0.6) is 11.5 Å². The topological polar surface area (TPSA) is 107 Å². The van der Waals surface area contributed by atoms with E-state index < -0.39 is 5.91 Å². The lowest BCUT2D eigenvalue weighted by Crippen LogP contribution is -2.27. The minimum atomic E-state index is -0.468. The van der Waals surface area contributed by atoms with Crippen molar-refractivity contribution in [2.45, 2.75) is 6.42 Å². The number of rotatable bonds is 8. The first-order chi connectivity index (χ1) is 13.6. The minimum Gasteiger partial charge on any atom is -0.493 e. The Bertz CT molecular complexity index is 938. The minimum absolute atomic E-state index is 0.0447. The first kappa shape index (κ1) is 20.3. The Morgan fingerprint density at radius 1 is 1.07 bits per heavy atom. The molecule has 0 aliphatic heterocycles. The lowest BCUT2D eigenvalue weighted by molar-refractivity contribution is -0.117. The maximum atomic E-state index is 12.2. The number of anilines is 1. The van der Waals surface area contributed by atoms with Gasteiger partial charge in [-0.2, -0.15) is 10.5 Å². The highest BCUT2D eigenvalue weighted by Gasteiger charge is 2.09. The molecule has 0 heterocycles. The first-order valence-corrected chi connectivity index (χ1v) is 8.47. The van der Waals surface area contributed by atoms with E-state index in [2.05, 4.69) is 10.6 Å². The summed E-state index contributed by atoms with van der Waals surface area (Å²) in [6.07, 6.45) is 1.92. The smallest absolute Gasteiger partial charge is 0.263 e. The van der Waals surface area contributed by atoms with Gasteiger partial charge in [-0.15, -0.1) is 0 Å². The Kier molecular flexibility index (Phi) is 7.44. The molecule has 7 nitrogen and oxygen atoms in total. The van der Waals surface area contributed by atoms with Crippen molar-refractivity contribution in [3.63, 3.8) is 0 Å². The second-order valence-electron chi connectivity index (χ2n) is 5.70. The van der Waals surface area contributed by atoms with Gasteiger partial charge in [0, 0.05) is 18.4 Å². The van der Waals surface area contributed by atoms with E-state index >= 15 is 0 Å². The fourth-order valence-corrected chi connectivity index (χ4v) is 2.40. The van der Waals surface area contributed by atoms with Crippen molar-refractivity contribution >= 4 is 11.6 Å². The second kappa shape index (κ2) is 10.2. The van der Waals surface area contributed by atoms with Crippen LogP contribution in [0, 0.1) is 22.7 Å². The molecule has 2 N–H and O–H groups in total. The van der Waals surface area contributed by atoms with Crippen LogP contribution in [0.1, 0.15) is 11.1 Å². The molecule has 0 aromatic heterocycles. The van der Waals surface area contributed by atoms with Crippen LogP contribution in [0.25, 0.3) is 0 Å². The van der Waals surface area contributed by atoms with E-state index in [0.717, 1.165) is 5.56 Å². The molecular formula is C21H20N4O3. The van der Waals surface area contributed by atoms with Crippen LogP contribution in [-0.4, -0.2) is 26.7 Å². The molecule has 2 rings (SSSR count). The number of ether oxygens (including phenoxy) is 2. The van der Waals surface area contributed by atoms with Crippen molar-refractivity contribution in [1.82, 2.24) is 5.32 Å². The maximum Gasteiger partial charge on any atom is 0.263 e. The highest BCUT2D eigenvalue weighted by Crippen LogP contribution is 2.27. The predicted molar refractivity (Wildman–Crippen MR) is 105 cm³/mol. The molecule has 2 aromatic carbocycles. The zero-order chi connectivity index (χ0) is 20.4. The maximum absolute atomic E-state index is 12.2. The van der Waals surface area contributed by atoms with Crippen molar-refractivity contribution in [3.8, 4) is 23.6 Å². The summed E-state index contributed by atoms with van der Waals surface area (Å²) in [6, 6.07) is 16.1. The number of carbonyl (C=O) groups excluding carboxylic acids is 1. The van der Waals surface area contributed by atoms with Gasteiger partial charge in [0.25, 0.3) is 5.91 Å². The standard InChI is InChI=1S/C21H20N4O3/c1-27-19-8-5-15(11-20(19)28-2)9-10-24-21(26)17(13-23)14-25-18-6-3-16(12-22)4-7-18/h3-8,11,14,25H,9-10H2,1-2H3,(H,24,26)/b17-14-. The molecule has 0 radical (unpaired) electrons. The highest BCUT2D eigenvalue weighted by molar-refractivity contribution is 5.97. The van der Waals surface area contributed by atoms with E-state index in [1.54, 1.807) is 44.6 Å². The molecule has 1 amide bonds. The molecule has 28 heavy (non-hydrogen) atoms. The van der Waals surface area contributed by atoms with Crippen molar-refractivity contribution in [3.05, 3.63) is 65.4 Å². The molecule has 2 aromatic rings. The average molecular weight is 376 g/mol.